The molecule has 0 saturated heterocycles. The summed E-state index contributed by atoms with van der Waals surface area (Å²) < 4.78 is 4.78. The number of nitrogen functional groups attached to an aromatic ring is 1. The number of benzene rings is 3. The van der Waals surface area contributed by atoms with Gasteiger partial charge >= 0.3 is 11.9 Å². The van der Waals surface area contributed by atoms with Crippen molar-refractivity contribution < 1.29 is 19.1 Å². The van der Waals surface area contributed by atoms with E-state index in [0.717, 1.165) is 5.56 Å². The summed E-state index contributed by atoms with van der Waals surface area (Å²) in [5, 5.41) is 2.86. The lowest BCUT2D eigenvalue weighted by molar-refractivity contribution is -0.125. The molecule has 0 fully saturated rings. The molecule has 0 spiro atoms. The average molecular weight is 441 g/mol. The number of carbonyl (C=O) groups is 3. The van der Waals surface area contributed by atoms with Gasteiger partial charge in [0.2, 0.25) is 5.91 Å². The average Bonchev–Trinajstić information content (AvgIpc) is 2.85. The van der Waals surface area contributed by atoms with E-state index >= 15 is 0 Å². The predicted molar refractivity (Wildman–Crippen MR) is 126 cm³/mol. The molecule has 0 aliphatic rings. The number of nitrogens with zero attached hydrogens (tertiary/aromatic N) is 1. The minimum Gasteiger partial charge on any atom is -0.465 e. The van der Waals surface area contributed by atoms with E-state index in [0.29, 0.717) is 11.3 Å². The second-order valence-corrected chi connectivity index (χ2v) is 7.14. The first-order chi connectivity index (χ1) is 15.9. The van der Waals surface area contributed by atoms with E-state index in [1.807, 2.05) is 30.3 Å². The maximum atomic E-state index is 13.4. The van der Waals surface area contributed by atoms with Crippen LogP contribution in [-0.2, 0) is 20.9 Å². The van der Waals surface area contributed by atoms with Gasteiger partial charge in [0.05, 0.1) is 12.7 Å². The molecule has 0 saturated carbocycles. The van der Waals surface area contributed by atoms with Crippen LogP contribution >= 0.6 is 0 Å². The summed E-state index contributed by atoms with van der Waals surface area (Å²) in [4.78, 5) is 39.5. The quantitative estimate of drug-likeness (QED) is 0.333. The van der Waals surface area contributed by atoms with Gasteiger partial charge in [-0.05, 0) is 47.4 Å². The number of nitrogens with one attached hydrogen (secondary N) is 1. The molecule has 166 valence electrons. The number of amides is 2. The minimum atomic E-state index is -1.13. The topological polar surface area (TPSA) is 102 Å². The van der Waals surface area contributed by atoms with Crippen molar-refractivity contribution in [1.29, 1.82) is 0 Å². The molecule has 1 unspecified atom stereocenters. The molecule has 3 rings (SSSR count). The molecule has 2 amide bonds. The Morgan fingerprint density at radius 3 is 2.42 bits per heavy atom. The Hall–Kier alpha value is -4.57. The Labute approximate surface area is 192 Å². The summed E-state index contributed by atoms with van der Waals surface area (Å²) in [6.07, 6.45) is 5.46. The first-order valence-electron chi connectivity index (χ1n) is 10.1. The number of hydrogen-bond acceptors (Lipinski definition) is 5. The van der Waals surface area contributed by atoms with Crippen LogP contribution < -0.4 is 16.0 Å². The second-order valence-electron chi connectivity index (χ2n) is 7.14. The van der Waals surface area contributed by atoms with Crippen molar-refractivity contribution in [1.82, 2.24) is 5.32 Å². The smallest absolute Gasteiger partial charge is 0.337 e. The molecule has 0 aromatic heterocycles. The number of terminal acetylenes is 1. The number of ether oxygens (including phenoxy) is 1. The van der Waals surface area contributed by atoms with E-state index in [4.69, 9.17) is 16.9 Å². The Kier molecular flexibility index (Phi) is 7.45. The van der Waals surface area contributed by atoms with E-state index in [9.17, 15) is 14.4 Å². The molecule has 7 nitrogen and oxygen atoms in total. The van der Waals surface area contributed by atoms with Crippen molar-refractivity contribution in [2.24, 2.45) is 0 Å². The van der Waals surface area contributed by atoms with Crippen LogP contribution in [0, 0.1) is 12.3 Å². The highest BCUT2D eigenvalue weighted by molar-refractivity contribution is 6.10. The Bertz CT molecular complexity index is 1200. The van der Waals surface area contributed by atoms with Crippen molar-refractivity contribution in [3.63, 3.8) is 0 Å². The first-order valence-corrected chi connectivity index (χ1v) is 10.1. The highest BCUT2D eigenvalue weighted by atomic mass is 16.5. The summed E-state index contributed by atoms with van der Waals surface area (Å²) in [7, 11) is 1.26. The van der Waals surface area contributed by atoms with Gasteiger partial charge in [-0.3, -0.25) is 14.5 Å². The zero-order valence-electron chi connectivity index (χ0n) is 18.0. The fraction of sp³-hybridized carbons (Fsp3) is 0.115. The van der Waals surface area contributed by atoms with Gasteiger partial charge in [-0.1, -0.05) is 48.5 Å². The summed E-state index contributed by atoms with van der Waals surface area (Å²) >= 11 is 0. The molecule has 0 heterocycles. The van der Waals surface area contributed by atoms with Crippen LogP contribution in [0.15, 0.2) is 78.9 Å². The highest BCUT2D eigenvalue weighted by Crippen LogP contribution is 2.30. The Morgan fingerprint density at radius 2 is 1.76 bits per heavy atom. The number of anilines is 2. The normalized spacial score (nSPS) is 11.0. The second kappa shape index (κ2) is 10.6. The van der Waals surface area contributed by atoms with E-state index < -0.39 is 23.8 Å². The number of nitrogens with two attached hydrogens (primary N) is 1. The largest absolute Gasteiger partial charge is 0.465 e. The third-order valence-electron chi connectivity index (χ3n) is 4.93. The van der Waals surface area contributed by atoms with Crippen LogP contribution in [0.2, 0.25) is 0 Å². The van der Waals surface area contributed by atoms with Gasteiger partial charge in [-0.15, -0.1) is 6.42 Å². The SMILES string of the molecule is C#CC(=O)N(c1cccc(C(=O)OC)c1)C(C(=O)NCc1ccccc1)c1cccc(N)c1. The van der Waals surface area contributed by atoms with Gasteiger partial charge < -0.3 is 15.8 Å². The lowest BCUT2D eigenvalue weighted by atomic mass is 10.0. The van der Waals surface area contributed by atoms with Crippen LogP contribution in [0.5, 0.6) is 0 Å². The van der Waals surface area contributed by atoms with Crippen molar-refractivity contribution in [3.05, 3.63) is 95.6 Å². The fourth-order valence-electron chi connectivity index (χ4n) is 3.38. The Morgan fingerprint density at radius 1 is 1.03 bits per heavy atom. The van der Waals surface area contributed by atoms with Gasteiger partial charge in [-0.2, -0.15) is 0 Å². The molecule has 0 aliphatic carbocycles. The van der Waals surface area contributed by atoms with E-state index in [-0.39, 0.29) is 17.8 Å². The van der Waals surface area contributed by atoms with Crippen molar-refractivity contribution in [2.45, 2.75) is 12.6 Å². The standard InChI is InChI=1S/C26H23N3O4/c1-3-23(30)29(22-14-8-12-20(16-22)26(32)33-2)24(19-11-7-13-21(27)15-19)25(31)28-17-18-9-5-4-6-10-18/h1,4-16,24H,17,27H2,2H3,(H,28,31). The Balaban J connectivity index is 2.07. The van der Waals surface area contributed by atoms with Crippen LogP contribution in [0.3, 0.4) is 0 Å². The number of methoxy groups -OCH3 is 1. The van der Waals surface area contributed by atoms with Crippen LogP contribution in [-0.4, -0.2) is 24.9 Å². The molecule has 3 N–H and O–H groups in total. The van der Waals surface area contributed by atoms with E-state index in [1.54, 1.807) is 42.5 Å². The molecule has 0 aliphatic heterocycles. The number of esters is 1. The zero-order valence-corrected chi connectivity index (χ0v) is 18.0. The maximum Gasteiger partial charge on any atom is 0.337 e. The summed E-state index contributed by atoms with van der Waals surface area (Å²) in [6, 6.07) is 21.0. The van der Waals surface area contributed by atoms with Gasteiger partial charge in [0.1, 0.15) is 6.04 Å². The third-order valence-corrected chi connectivity index (χ3v) is 4.93. The monoisotopic (exact) mass is 441 g/mol. The highest BCUT2D eigenvalue weighted by Gasteiger charge is 2.32. The predicted octanol–water partition coefficient (Wildman–Crippen LogP) is 3.08. The van der Waals surface area contributed by atoms with Crippen molar-refractivity contribution in [2.75, 3.05) is 17.7 Å². The molecule has 0 bridgehead atoms. The van der Waals surface area contributed by atoms with E-state index in [2.05, 4.69) is 11.2 Å². The van der Waals surface area contributed by atoms with Gasteiger partial charge in [0.25, 0.3) is 0 Å². The molecular weight excluding hydrogens is 418 g/mol. The molecular formula is C26H23N3O4. The minimum absolute atomic E-state index is 0.209. The fourth-order valence-corrected chi connectivity index (χ4v) is 3.38. The molecule has 7 heteroatoms. The summed E-state index contributed by atoms with van der Waals surface area (Å²) in [6.45, 7) is 0.249. The lowest BCUT2D eigenvalue weighted by Crippen LogP contribution is -2.43. The molecule has 33 heavy (non-hydrogen) atoms. The van der Waals surface area contributed by atoms with Gasteiger partial charge in [0, 0.05) is 17.9 Å². The van der Waals surface area contributed by atoms with Crippen LogP contribution in [0.1, 0.15) is 27.5 Å². The van der Waals surface area contributed by atoms with Gasteiger partial charge in [-0.25, -0.2) is 4.79 Å². The molecule has 3 aromatic rings. The summed E-state index contributed by atoms with van der Waals surface area (Å²) in [5.41, 5.74) is 8.21. The number of rotatable bonds is 7. The first kappa shape index (κ1) is 23.1. The lowest BCUT2D eigenvalue weighted by Gasteiger charge is -2.30. The maximum absolute atomic E-state index is 13.4. The number of carbonyl (C=O) groups excluding carboxylic acids is 3. The zero-order chi connectivity index (χ0) is 23.8. The molecule has 3 aromatic carbocycles. The van der Waals surface area contributed by atoms with Crippen LogP contribution in [0.4, 0.5) is 11.4 Å². The van der Waals surface area contributed by atoms with Crippen molar-refractivity contribution in [3.8, 4) is 12.3 Å². The molecule has 1 atom stereocenters. The van der Waals surface area contributed by atoms with Crippen molar-refractivity contribution >= 4 is 29.2 Å². The van der Waals surface area contributed by atoms with Gasteiger partial charge in [0.15, 0.2) is 0 Å². The van der Waals surface area contributed by atoms with Crippen LogP contribution in [0.25, 0.3) is 0 Å². The third kappa shape index (κ3) is 5.57. The number of hydrogen-bond donors (Lipinski definition) is 2. The van der Waals surface area contributed by atoms with E-state index in [1.165, 1.54) is 18.1 Å². The summed E-state index contributed by atoms with van der Waals surface area (Å²) in [5.74, 6) is 0.283. The molecule has 0 radical (unpaired) electrons.